The topological polar surface area (TPSA) is 72.0 Å². The second-order valence-electron chi connectivity index (χ2n) is 6.98. The summed E-state index contributed by atoms with van der Waals surface area (Å²) in [6, 6.07) is 5.48. The summed E-state index contributed by atoms with van der Waals surface area (Å²) >= 11 is 3.31. The molecule has 0 saturated heterocycles. The van der Waals surface area contributed by atoms with E-state index in [1.165, 1.54) is 16.9 Å². The van der Waals surface area contributed by atoms with E-state index in [4.69, 9.17) is 9.72 Å². The first kappa shape index (κ1) is 19.2. The van der Waals surface area contributed by atoms with Crippen molar-refractivity contribution in [1.82, 2.24) is 9.97 Å². The Morgan fingerprint density at radius 2 is 2.11 bits per heavy atom. The molecule has 0 amide bonds. The number of hydrogen-bond donors (Lipinski definition) is 1. The van der Waals surface area contributed by atoms with Gasteiger partial charge in [0.2, 0.25) is 0 Å². The molecule has 4 rings (SSSR count). The van der Waals surface area contributed by atoms with Crippen LogP contribution in [0.2, 0.25) is 0 Å². The van der Waals surface area contributed by atoms with Crippen molar-refractivity contribution in [3.8, 4) is 5.75 Å². The summed E-state index contributed by atoms with van der Waals surface area (Å²) in [7, 11) is 1.63. The molecule has 1 aliphatic rings. The monoisotopic (exact) mass is 414 g/mol. The molecule has 2 aromatic heterocycles. The number of ether oxygens (including phenoxy) is 1. The lowest BCUT2D eigenvalue weighted by atomic mass is 9.97. The summed E-state index contributed by atoms with van der Waals surface area (Å²) in [6.45, 7) is 1.56. The van der Waals surface area contributed by atoms with E-state index in [2.05, 4.69) is 4.98 Å². The number of thiophene rings is 1. The minimum Gasteiger partial charge on any atom is -0.496 e. The van der Waals surface area contributed by atoms with E-state index >= 15 is 0 Å². The Kier molecular flexibility index (Phi) is 5.55. The molecule has 1 aliphatic carbocycles. The molecule has 5 nitrogen and oxygen atoms in total. The third-order valence-corrected chi connectivity index (χ3v) is 7.24. The summed E-state index contributed by atoms with van der Waals surface area (Å²) in [6.07, 6.45) is 4.39. The maximum Gasteiger partial charge on any atom is 0.259 e. The van der Waals surface area contributed by atoms with Gasteiger partial charge in [0, 0.05) is 21.8 Å². The van der Waals surface area contributed by atoms with Crippen LogP contribution >= 0.6 is 23.1 Å². The Hall–Kier alpha value is -2.12. The fraction of sp³-hybridized carbons (Fsp3) is 0.381. The number of nitrogens with zero attached hydrogens (tertiary/aromatic N) is 1. The number of carbonyl (C=O) groups excluding carboxylic acids is 1. The fourth-order valence-corrected chi connectivity index (χ4v) is 5.80. The lowest BCUT2D eigenvalue weighted by Gasteiger charge is -2.10. The number of aromatic amines is 1. The van der Waals surface area contributed by atoms with Crippen molar-refractivity contribution in [3.63, 3.8) is 0 Å². The molecule has 0 fully saturated rings. The molecule has 1 aromatic carbocycles. The number of methoxy groups -OCH3 is 1. The third-order valence-electron chi connectivity index (χ3n) is 5.06. The lowest BCUT2D eigenvalue weighted by molar-refractivity contribution is 0.101. The van der Waals surface area contributed by atoms with Crippen LogP contribution in [0.1, 0.15) is 52.0 Å². The Bertz CT molecular complexity index is 1100. The number of hydrogen-bond acceptors (Lipinski definition) is 6. The van der Waals surface area contributed by atoms with E-state index < -0.39 is 0 Å². The molecule has 3 aromatic rings. The summed E-state index contributed by atoms with van der Waals surface area (Å²) in [5.74, 6) is 2.77. The second-order valence-corrected chi connectivity index (χ2v) is 9.05. The Labute approximate surface area is 171 Å². The van der Waals surface area contributed by atoms with Crippen molar-refractivity contribution in [3.05, 3.63) is 55.9 Å². The number of ketones is 1. The molecule has 2 heterocycles. The largest absolute Gasteiger partial charge is 0.496 e. The highest BCUT2D eigenvalue weighted by atomic mass is 32.2. The van der Waals surface area contributed by atoms with Gasteiger partial charge in [-0.1, -0.05) is 0 Å². The molecule has 146 valence electrons. The first-order valence-corrected chi connectivity index (χ1v) is 11.3. The Morgan fingerprint density at radius 3 is 2.89 bits per heavy atom. The number of rotatable bonds is 6. The molecule has 0 aliphatic heterocycles. The molecule has 0 radical (unpaired) electrons. The highest BCUT2D eigenvalue weighted by Gasteiger charge is 2.19. The van der Waals surface area contributed by atoms with Crippen LogP contribution in [-0.2, 0) is 24.3 Å². The predicted molar refractivity (Wildman–Crippen MR) is 115 cm³/mol. The van der Waals surface area contributed by atoms with Crippen molar-refractivity contribution in [1.29, 1.82) is 0 Å². The Morgan fingerprint density at radius 1 is 1.29 bits per heavy atom. The van der Waals surface area contributed by atoms with Gasteiger partial charge in [-0.05, 0) is 56.4 Å². The van der Waals surface area contributed by atoms with Gasteiger partial charge in [-0.2, -0.15) is 0 Å². The number of aryl methyl sites for hydroxylation is 2. The van der Waals surface area contributed by atoms with E-state index in [9.17, 15) is 9.59 Å². The van der Waals surface area contributed by atoms with Crippen LogP contribution < -0.4 is 10.3 Å². The van der Waals surface area contributed by atoms with Gasteiger partial charge in [-0.25, -0.2) is 4.98 Å². The molecular formula is C21H22N2O3S2. The van der Waals surface area contributed by atoms with Gasteiger partial charge in [-0.15, -0.1) is 23.1 Å². The average Bonchev–Trinajstić information content (AvgIpc) is 3.06. The first-order valence-electron chi connectivity index (χ1n) is 9.36. The summed E-state index contributed by atoms with van der Waals surface area (Å²) in [5.41, 5.74) is 2.84. The van der Waals surface area contributed by atoms with Gasteiger partial charge in [0.05, 0.1) is 18.2 Å². The van der Waals surface area contributed by atoms with E-state index in [-0.39, 0.29) is 11.3 Å². The minimum absolute atomic E-state index is 0.0174. The zero-order chi connectivity index (χ0) is 19.7. The second kappa shape index (κ2) is 8.09. The number of thioether (sulfide) groups is 1. The quantitative estimate of drug-likeness (QED) is 0.601. The van der Waals surface area contributed by atoms with Gasteiger partial charge < -0.3 is 9.72 Å². The summed E-state index contributed by atoms with van der Waals surface area (Å²) in [4.78, 5) is 34.1. The van der Waals surface area contributed by atoms with Crippen LogP contribution in [0.4, 0.5) is 0 Å². The zero-order valence-corrected chi connectivity index (χ0v) is 17.6. The van der Waals surface area contributed by atoms with Crippen molar-refractivity contribution in [2.45, 2.75) is 44.1 Å². The van der Waals surface area contributed by atoms with Gasteiger partial charge in [-0.3, -0.25) is 9.59 Å². The van der Waals surface area contributed by atoms with Crippen LogP contribution in [0.5, 0.6) is 5.75 Å². The number of aromatic nitrogens is 2. The maximum absolute atomic E-state index is 12.6. The molecule has 0 unspecified atom stereocenters. The van der Waals surface area contributed by atoms with Crippen LogP contribution in [0, 0.1) is 0 Å². The van der Waals surface area contributed by atoms with Crippen molar-refractivity contribution in [2.75, 3.05) is 7.11 Å². The van der Waals surface area contributed by atoms with E-state index in [0.29, 0.717) is 22.9 Å². The smallest absolute Gasteiger partial charge is 0.259 e. The number of carbonyl (C=O) groups is 1. The predicted octanol–water partition coefficient (Wildman–Crippen LogP) is 4.51. The summed E-state index contributed by atoms with van der Waals surface area (Å²) in [5, 5.41) is 0.796. The van der Waals surface area contributed by atoms with Gasteiger partial charge in [0.15, 0.2) is 5.78 Å². The van der Waals surface area contributed by atoms with Crippen molar-refractivity contribution < 1.29 is 9.53 Å². The molecule has 0 atom stereocenters. The number of benzene rings is 1. The highest BCUT2D eigenvalue weighted by molar-refractivity contribution is 7.97. The van der Waals surface area contributed by atoms with Gasteiger partial charge in [0.1, 0.15) is 16.4 Å². The number of Topliss-reactive ketones (excluding diaryl/α,β-unsaturated/α-hetero) is 1. The average molecular weight is 415 g/mol. The van der Waals surface area contributed by atoms with Crippen molar-refractivity contribution >= 4 is 39.1 Å². The molecule has 0 bridgehead atoms. The van der Waals surface area contributed by atoms with Crippen LogP contribution in [0.25, 0.3) is 10.2 Å². The first-order chi connectivity index (χ1) is 13.6. The van der Waals surface area contributed by atoms with Gasteiger partial charge >= 0.3 is 0 Å². The lowest BCUT2D eigenvalue weighted by Crippen LogP contribution is -2.12. The van der Waals surface area contributed by atoms with Gasteiger partial charge in [0.25, 0.3) is 5.56 Å². The molecular weight excluding hydrogens is 392 g/mol. The molecule has 28 heavy (non-hydrogen) atoms. The van der Waals surface area contributed by atoms with Crippen LogP contribution in [-0.4, -0.2) is 22.9 Å². The standard InChI is InChI=1S/C21H22N2O3S2/c1-12(24)13-7-8-16(26-2)14(9-13)10-27-11-18-22-20(25)19-15-5-3-4-6-17(15)28-21(19)23-18/h7-9H,3-6,10-11H2,1-2H3,(H,22,23,25). The third kappa shape index (κ3) is 3.73. The van der Waals surface area contributed by atoms with Crippen molar-refractivity contribution in [2.24, 2.45) is 0 Å². The SMILES string of the molecule is COc1ccc(C(C)=O)cc1CSCc1nc2sc3c(c2c(=O)[nH]1)CCCC3. The maximum atomic E-state index is 12.6. The normalized spacial score (nSPS) is 13.5. The van der Waals surface area contributed by atoms with E-state index in [0.717, 1.165) is 40.8 Å². The van der Waals surface area contributed by atoms with Crippen LogP contribution in [0.3, 0.4) is 0 Å². The number of fused-ring (bicyclic) bond motifs is 3. The number of H-pyrrole nitrogens is 1. The molecule has 0 spiro atoms. The van der Waals surface area contributed by atoms with Crippen LogP contribution in [0.15, 0.2) is 23.0 Å². The Balaban J connectivity index is 1.53. The molecule has 1 N–H and O–H groups in total. The molecule has 0 saturated carbocycles. The van der Waals surface area contributed by atoms with E-state index in [1.54, 1.807) is 43.2 Å². The molecule has 7 heteroatoms. The van der Waals surface area contributed by atoms with E-state index in [1.807, 2.05) is 12.1 Å². The highest BCUT2D eigenvalue weighted by Crippen LogP contribution is 2.34. The number of nitrogens with one attached hydrogen (secondary N) is 1. The minimum atomic E-state index is -0.0174. The fourth-order valence-electron chi connectivity index (χ4n) is 3.64. The zero-order valence-electron chi connectivity index (χ0n) is 16.0. The summed E-state index contributed by atoms with van der Waals surface area (Å²) < 4.78 is 5.41.